The minimum absolute atomic E-state index is 0.994. The SMILES string of the molecule is CCCCC[C+]1N=CC=N1. The van der Waals surface area contributed by atoms with Gasteiger partial charge in [-0.25, -0.2) is 0 Å². The molecule has 0 aromatic carbocycles. The van der Waals surface area contributed by atoms with Crippen molar-refractivity contribution in [2.24, 2.45) is 9.98 Å². The highest BCUT2D eigenvalue weighted by molar-refractivity contribution is 6.18. The summed E-state index contributed by atoms with van der Waals surface area (Å²) in [5.74, 6) is 0. The lowest BCUT2D eigenvalue weighted by Gasteiger charge is -1.93. The van der Waals surface area contributed by atoms with Crippen molar-refractivity contribution >= 4 is 12.4 Å². The molecule has 10 heavy (non-hydrogen) atoms. The molecule has 0 N–H and O–H groups in total. The summed E-state index contributed by atoms with van der Waals surface area (Å²) in [5.41, 5.74) is 0. The van der Waals surface area contributed by atoms with Crippen LogP contribution in [-0.4, -0.2) is 12.4 Å². The molecule has 1 aliphatic heterocycles. The van der Waals surface area contributed by atoms with Crippen LogP contribution in [0.4, 0.5) is 0 Å². The van der Waals surface area contributed by atoms with Crippen LogP contribution in [-0.2, 0) is 0 Å². The van der Waals surface area contributed by atoms with Crippen LogP contribution in [0.15, 0.2) is 9.98 Å². The summed E-state index contributed by atoms with van der Waals surface area (Å²) in [6, 6.07) is 0. The molecule has 1 rings (SSSR count). The molecule has 0 bridgehead atoms. The summed E-state index contributed by atoms with van der Waals surface area (Å²) < 4.78 is 0. The van der Waals surface area contributed by atoms with Gasteiger partial charge >= 0.3 is 0 Å². The fourth-order valence-electron chi connectivity index (χ4n) is 0.934. The van der Waals surface area contributed by atoms with Gasteiger partial charge in [0.1, 0.15) is 0 Å². The van der Waals surface area contributed by atoms with Crippen LogP contribution in [0.1, 0.15) is 32.6 Å². The monoisotopic (exact) mass is 137 g/mol. The van der Waals surface area contributed by atoms with E-state index in [9.17, 15) is 0 Å². The van der Waals surface area contributed by atoms with E-state index in [2.05, 4.69) is 16.9 Å². The Morgan fingerprint density at radius 2 is 1.90 bits per heavy atom. The van der Waals surface area contributed by atoms with Crippen LogP contribution in [0.5, 0.6) is 0 Å². The van der Waals surface area contributed by atoms with Crippen LogP contribution >= 0.6 is 0 Å². The molecule has 0 fully saturated rings. The number of rotatable bonds is 4. The highest BCUT2D eigenvalue weighted by Gasteiger charge is 2.13. The summed E-state index contributed by atoms with van der Waals surface area (Å²) in [6.07, 6.45) is 9.31. The largest absolute Gasteiger partial charge is 0.240 e. The predicted molar refractivity (Wildman–Crippen MR) is 44.4 cm³/mol. The first-order valence-electron chi connectivity index (χ1n) is 3.86. The maximum atomic E-state index is 4.08. The van der Waals surface area contributed by atoms with E-state index in [-0.39, 0.29) is 0 Å². The Bertz CT molecular complexity index is 126. The minimum atomic E-state index is 0.994. The molecule has 0 saturated heterocycles. The molecule has 0 atom stereocenters. The zero-order valence-corrected chi connectivity index (χ0v) is 6.38. The van der Waals surface area contributed by atoms with E-state index in [1.54, 1.807) is 12.4 Å². The van der Waals surface area contributed by atoms with E-state index in [0.29, 0.717) is 0 Å². The van der Waals surface area contributed by atoms with Gasteiger partial charge in [-0.2, -0.15) is 0 Å². The van der Waals surface area contributed by atoms with Gasteiger partial charge in [-0.1, -0.05) is 29.8 Å². The van der Waals surface area contributed by atoms with Crippen LogP contribution in [0.25, 0.3) is 0 Å². The molecule has 1 heterocycles. The van der Waals surface area contributed by atoms with E-state index in [0.717, 1.165) is 12.6 Å². The Labute approximate surface area is 62.1 Å². The maximum absolute atomic E-state index is 4.08. The Kier molecular flexibility index (Phi) is 3.00. The van der Waals surface area contributed by atoms with Gasteiger partial charge in [0.05, 0.1) is 6.42 Å². The van der Waals surface area contributed by atoms with E-state index in [4.69, 9.17) is 0 Å². The van der Waals surface area contributed by atoms with Crippen molar-refractivity contribution in [2.45, 2.75) is 32.6 Å². The first kappa shape index (κ1) is 7.32. The number of aliphatic imine (C=N–C) groups is 2. The van der Waals surface area contributed by atoms with E-state index < -0.39 is 0 Å². The van der Waals surface area contributed by atoms with Gasteiger partial charge in [0.2, 0.25) is 6.17 Å². The topological polar surface area (TPSA) is 24.7 Å². The molecule has 0 radical (unpaired) electrons. The molecule has 0 aliphatic carbocycles. The van der Waals surface area contributed by atoms with Gasteiger partial charge in [0.25, 0.3) is 0 Å². The summed E-state index contributed by atoms with van der Waals surface area (Å²) in [7, 11) is 0. The fraction of sp³-hybridized carbons (Fsp3) is 0.625. The van der Waals surface area contributed by atoms with Gasteiger partial charge in [-0.3, -0.25) is 0 Å². The summed E-state index contributed by atoms with van der Waals surface area (Å²) in [4.78, 5) is 8.15. The molecular weight excluding hydrogens is 124 g/mol. The van der Waals surface area contributed by atoms with Gasteiger partial charge < -0.3 is 0 Å². The van der Waals surface area contributed by atoms with Crippen molar-refractivity contribution in [2.75, 3.05) is 0 Å². The van der Waals surface area contributed by atoms with E-state index in [1.165, 1.54) is 19.3 Å². The van der Waals surface area contributed by atoms with Crippen LogP contribution < -0.4 is 0 Å². The Hall–Kier alpha value is -0.790. The lowest BCUT2D eigenvalue weighted by atomic mass is 10.2. The second-order valence-electron chi connectivity index (χ2n) is 2.43. The van der Waals surface area contributed by atoms with Crippen LogP contribution in [0.2, 0.25) is 0 Å². The van der Waals surface area contributed by atoms with Crippen molar-refractivity contribution in [3.8, 4) is 0 Å². The number of unbranched alkanes of at least 4 members (excludes halogenated alkanes) is 2. The van der Waals surface area contributed by atoms with Crippen molar-refractivity contribution in [3.63, 3.8) is 0 Å². The fourth-order valence-corrected chi connectivity index (χ4v) is 0.934. The molecule has 0 aromatic rings. The molecule has 0 saturated carbocycles. The number of nitrogens with zero attached hydrogens (tertiary/aromatic N) is 2. The summed E-state index contributed by atoms with van der Waals surface area (Å²) in [5, 5.41) is 0. The standard InChI is InChI=1S/C8H13N2/c1-2-3-4-5-8-9-6-7-10-8/h6-7H,2-5H2,1H3/q+1. The van der Waals surface area contributed by atoms with Crippen molar-refractivity contribution in [1.82, 2.24) is 0 Å². The Morgan fingerprint density at radius 1 is 1.20 bits per heavy atom. The third-order valence-corrected chi connectivity index (χ3v) is 1.52. The second-order valence-corrected chi connectivity index (χ2v) is 2.43. The van der Waals surface area contributed by atoms with Gasteiger partial charge in [-0.05, 0) is 6.42 Å². The summed E-state index contributed by atoms with van der Waals surface area (Å²) in [6.45, 7) is 2.20. The summed E-state index contributed by atoms with van der Waals surface area (Å²) >= 11 is 0. The smallest absolute Gasteiger partial charge is 0.0968 e. The third-order valence-electron chi connectivity index (χ3n) is 1.52. The molecule has 0 spiro atoms. The van der Waals surface area contributed by atoms with Crippen molar-refractivity contribution in [1.29, 1.82) is 0 Å². The van der Waals surface area contributed by atoms with Crippen LogP contribution in [0, 0.1) is 6.17 Å². The first-order chi connectivity index (χ1) is 4.93. The molecule has 0 aromatic heterocycles. The lowest BCUT2D eigenvalue weighted by Crippen LogP contribution is -1.85. The number of hydrogen-bond acceptors (Lipinski definition) is 2. The normalized spacial score (nSPS) is 15.1. The average Bonchev–Trinajstić information content (AvgIpc) is 2.41. The maximum Gasteiger partial charge on any atom is 0.240 e. The quantitative estimate of drug-likeness (QED) is 0.419. The van der Waals surface area contributed by atoms with Gasteiger partial charge in [-0.15, -0.1) is 0 Å². The highest BCUT2D eigenvalue weighted by Crippen LogP contribution is 2.15. The van der Waals surface area contributed by atoms with E-state index >= 15 is 0 Å². The van der Waals surface area contributed by atoms with Crippen molar-refractivity contribution < 1.29 is 0 Å². The Balaban J connectivity index is 2.03. The van der Waals surface area contributed by atoms with E-state index in [1.807, 2.05) is 0 Å². The molecule has 2 nitrogen and oxygen atoms in total. The predicted octanol–water partition coefficient (Wildman–Crippen LogP) is 2.21. The second kappa shape index (κ2) is 4.09. The lowest BCUT2D eigenvalue weighted by molar-refractivity contribution is 0.666. The van der Waals surface area contributed by atoms with Gasteiger partial charge in [0, 0.05) is 0 Å². The molecule has 2 heteroatoms. The molecule has 54 valence electrons. The molecule has 0 amide bonds. The minimum Gasteiger partial charge on any atom is -0.0968 e. The first-order valence-corrected chi connectivity index (χ1v) is 3.86. The zero-order chi connectivity index (χ0) is 7.23. The molecular formula is C8H13N2+. The number of hydrogen-bond donors (Lipinski definition) is 0. The molecule has 1 aliphatic rings. The molecule has 0 unspecified atom stereocenters. The third kappa shape index (κ3) is 2.21. The zero-order valence-electron chi connectivity index (χ0n) is 6.38. The Morgan fingerprint density at radius 3 is 2.50 bits per heavy atom. The van der Waals surface area contributed by atoms with Crippen LogP contribution in [0.3, 0.4) is 0 Å². The van der Waals surface area contributed by atoms with Crippen molar-refractivity contribution in [3.05, 3.63) is 6.17 Å². The highest BCUT2D eigenvalue weighted by atomic mass is 15.0. The average molecular weight is 137 g/mol. The van der Waals surface area contributed by atoms with Gasteiger partial charge in [0.15, 0.2) is 12.4 Å².